The van der Waals surface area contributed by atoms with Crippen LogP contribution in [-0.2, 0) is 0 Å². The minimum absolute atomic E-state index is 0.139. The first-order valence-corrected chi connectivity index (χ1v) is 8.97. The van der Waals surface area contributed by atoms with Crippen LogP contribution in [0, 0.1) is 10.5 Å². The van der Waals surface area contributed by atoms with Crippen molar-refractivity contribution in [2.45, 2.75) is 6.92 Å². The first-order chi connectivity index (χ1) is 11.8. The summed E-state index contributed by atoms with van der Waals surface area (Å²) in [5, 5.41) is 5.70. The van der Waals surface area contributed by atoms with Crippen molar-refractivity contribution in [2.24, 2.45) is 0 Å². The first kappa shape index (κ1) is 19.3. The maximum Gasteiger partial charge on any atom is 0.257 e. The van der Waals surface area contributed by atoms with Gasteiger partial charge in [0.2, 0.25) is 0 Å². The largest absolute Gasteiger partial charge is 0.345 e. The van der Waals surface area contributed by atoms with Crippen molar-refractivity contribution in [3.63, 3.8) is 0 Å². The molecule has 5 nitrogen and oxygen atoms in total. The van der Waals surface area contributed by atoms with E-state index in [9.17, 15) is 9.59 Å². The van der Waals surface area contributed by atoms with Gasteiger partial charge in [0, 0.05) is 23.2 Å². The van der Waals surface area contributed by atoms with E-state index in [1.165, 1.54) is 4.90 Å². The van der Waals surface area contributed by atoms with Crippen molar-refractivity contribution in [3.05, 3.63) is 62.7 Å². The van der Waals surface area contributed by atoms with Gasteiger partial charge in [-0.1, -0.05) is 18.2 Å². The average Bonchev–Trinajstić information content (AvgIpc) is 2.56. The molecule has 0 aromatic heterocycles. The van der Waals surface area contributed by atoms with Gasteiger partial charge in [0.25, 0.3) is 11.8 Å². The van der Waals surface area contributed by atoms with E-state index in [4.69, 9.17) is 12.2 Å². The molecular formula is C18H18IN3O2S. The minimum atomic E-state index is -0.299. The van der Waals surface area contributed by atoms with Crippen LogP contribution >= 0.6 is 34.8 Å². The van der Waals surface area contributed by atoms with Crippen LogP contribution in [0.4, 0.5) is 5.69 Å². The van der Waals surface area contributed by atoms with Gasteiger partial charge in [-0.15, -0.1) is 0 Å². The lowest BCUT2D eigenvalue weighted by Gasteiger charge is -2.16. The third-order valence-corrected chi connectivity index (χ3v) is 4.84. The Morgan fingerprint density at radius 3 is 2.44 bits per heavy atom. The predicted molar refractivity (Wildman–Crippen MR) is 112 cm³/mol. The molecule has 0 fully saturated rings. The van der Waals surface area contributed by atoms with E-state index in [-0.39, 0.29) is 16.9 Å². The maximum atomic E-state index is 12.3. The van der Waals surface area contributed by atoms with E-state index < -0.39 is 0 Å². The summed E-state index contributed by atoms with van der Waals surface area (Å²) in [5.74, 6) is -0.447. The van der Waals surface area contributed by atoms with Gasteiger partial charge in [-0.2, -0.15) is 0 Å². The summed E-state index contributed by atoms with van der Waals surface area (Å²) in [6, 6.07) is 12.5. The van der Waals surface area contributed by atoms with Crippen LogP contribution < -0.4 is 10.6 Å². The van der Waals surface area contributed by atoms with Gasteiger partial charge in [-0.05, 0) is 71.6 Å². The van der Waals surface area contributed by atoms with Gasteiger partial charge in [0.1, 0.15) is 0 Å². The number of para-hydroxylation sites is 1. The van der Waals surface area contributed by atoms with Gasteiger partial charge in [0.15, 0.2) is 5.11 Å². The zero-order valence-corrected chi connectivity index (χ0v) is 17.1. The zero-order chi connectivity index (χ0) is 18.6. The minimum Gasteiger partial charge on any atom is -0.345 e. The highest BCUT2D eigenvalue weighted by molar-refractivity contribution is 14.1. The zero-order valence-electron chi connectivity index (χ0n) is 14.1. The Hall–Kier alpha value is -2.00. The molecule has 2 amide bonds. The molecule has 0 aliphatic heterocycles. The monoisotopic (exact) mass is 467 g/mol. The van der Waals surface area contributed by atoms with Crippen molar-refractivity contribution < 1.29 is 9.59 Å². The Morgan fingerprint density at radius 1 is 1.12 bits per heavy atom. The number of rotatable bonds is 3. The SMILES string of the molecule is Cc1ccc(C(=O)NC(=S)Nc2ccccc2C(=O)N(C)C)cc1I. The molecule has 2 aromatic carbocycles. The molecule has 25 heavy (non-hydrogen) atoms. The van der Waals surface area contributed by atoms with Crippen LogP contribution in [-0.4, -0.2) is 35.9 Å². The van der Waals surface area contributed by atoms with Crippen molar-refractivity contribution in [2.75, 3.05) is 19.4 Å². The molecular weight excluding hydrogens is 449 g/mol. The molecule has 0 saturated heterocycles. The first-order valence-electron chi connectivity index (χ1n) is 7.48. The van der Waals surface area contributed by atoms with E-state index in [2.05, 4.69) is 33.2 Å². The van der Waals surface area contributed by atoms with E-state index in [0.717, 1.165) is 9.13 Å². The smallest absolute Gasteiger partial charge is 0.257 e. The standard InChI is InChI=1S/C18H18IN3O2S/c1-11-8-9-12(10-14(11)19)16(23)21-18(25)20-15-7-5-4-6-13(15)17(24)22(2)3/h4-10H,1-3H3,(H2,20,21,23,25). The molecule has 2 aromatic rings. The molecule has 0 saturated carbocycles. The molecule has 2 rings (SSSR count). The average molecular weight is 467 g/mol. The number of nitrogens with one attached hydrogen (secondary N) is 2. The molecule has 7 heteroatoms. The molecule has 2 N–H and O–H groups in total. The molecule has 0 bridgehead atoms. The van der Waals surface area contributed by atoms with E-state index >= 15 is 0 Å². The van der Waals surface area contributed by atoms with Crippen LogP contribution in [0.2, 0.25) is 0 Å². The lowest BCUT2D eigenvalue weighted by Crippen LogP contribution is -2.35. The quantitative estimate of drug-likeness (QED) is 0.537. The highest BCUT2D eigenvalue weighted by atomic mass is 127. The molecule has 0 heterocycles. The summed E-state index contributed by atoms with van der Waals surface area (Å²) in [4.78, 5) is 26.0. The van der Waals surface area contributed by atoms with E-state index in [1.54, 1.807) is 50.5 Å². The number of benzene rings is 2. The number of halogens is 1. The Labute approximate surface area is 165 Å². The maximum absolute atomic E-state index is 12.3. The van der Waals surface area contributed by atoms with Crippen molar-refractivity contribution in [1.29, 1.82) is 0 Å². The topological polar surface area (TPSA) is 61.4 Å². The van der Waals surface area contributed by atoms with Gasteiger partial charge in [-0.3, -0.25) is 14.9 Å². The number of hydrogen-bond acceptors (Lipinski definition) is 3. The second-order valence-electron chi connectivity index (χ2n) is 5.62. The highest BCUT2D eigenvalue weighted by Gasteiger charge is 2.15. The fourth-order valence-corrected chi connectivity index (χ4v) is 2.80. The number of carbonyl (C=O) groups is 2. The van der Waals surface area contributed by atoms with Crippen molar-refractivity contribution in [1.82, 2.24) is 10.2 Å². The van der Waals surface area contributed by atoms with Crippen LogP contribution in [0.1, 0.15) is 26.3 Å². The van der Waals surface area contributed by atoms with Gasteiger partial charge in [-0.25, -0.2) is 0 Å². The number of anilines is 1. The summed E-state index contributed by atoms with van der Waals surface area (Å²) in [5.41, 5.74) is 2.66. The number of aryl methyl sites for hydroxylation is 1. The molecule has 0 aliphatic carbocycles. The molecule has 130 valence electrons. The van der Waals surface area contributed by atoms with Gasteiger partial charge in [0.05, 0.1) is 11.3 Å². The van der Waals surface area contributed by atoms with Crippen LogP contribution in [0.5, 0.6) is 0 Å². The number of amides is 2. The summed E-state index contributed by atoms with van der Waals surface area (Å²) in [7, 11) is 3.36. The number of carbonyl (C=O) groups excluding carboxylic acids is 2. The van der Waals surface area contributed by atoms with Crippen molar-refractivity contribution in [3.8, 4) is 0 Å². The molecule has 0 spiro atoms. The Morgan fingerprint density at radius 2 is 1.80 bits per heavy atom. The van der Waals surface area contributed by atoms with E-state index in [0.29, 0.717) is 16.8 Å². The fourth-order valence-electron chi connectivity index (χ4n) is 2.08. The Bertz CT molecular complexity index is 837. The number of thiocarbonyl (C=S) groups is 1. The third kappa shape index (κ3) is 4.99. The summed E-state index contributed by atoms with van der Waals surface area (Å²) in [6.07, 6.45) is 0. The third-order valence-electron chi connectivity index (χ3n) is 3.47. The Kier molecular flexibility index (Phi) is 6.49. The van der Waals surface area contributed by atoms with Gasteiger partial charge < -0.3 is 10.2 Å². The predicted octanol–water partition coefficient (Wildman–Crippen LogP) is 3.43. The van der Waals surface area contributed by atoms with Crippen LogP contribution in [0.15, 0.2) is 42.5 Å². The van der Waals surface area contributed by atoms with Crippen molar-refractivity contribution >= 4 is 57.4 Å². The van der Waals surface area contributed by atoms with E-state index in [1.807, 2.05) is 13.0 Å². The second-order valence-corrected chi connectivity index (χ2v) is 7.19. The molecule has 0 unspecified atom stereocenters. The highest BCUT2D eigenvalue weighted by Crippen LogP contribution is 2.17. The second kappa shape index (κ2) is 8.39. The summed E-state index contributed by atoms with van der Waals surface area (Å²) < 4.78 is 1.01. The lowest BCUT2D eigenvalue weighted by atomic mass is 10.1. The lowest BCUT2D eigenvalue weighted by molar-refractivity contribution is 0.0828. The summed E-state index contributed by atoms with van der Waals surface area (Å²) >= 11 is 7.40. The fraction of sp³-hybridized carbons (Fsp3) is 0.167. The van der Waals surface area contributed by atoms with Crippen LogP contribution in [0.3, 0.4) is 0 Å². The van der Waals surface area contributed by atoms with Crippen LogP contribution in [0.25, 0.3) is 0 Å². The number of nitrogens with zero attached hydrogens (tertiary/aromatic N) is 1. The number of hydrogen-bond donors (Lipinski definition) is 2. The molecule has 0 aliphatic rings. The van der Waals surface area contributed by atoms with Gasteiger partial charge >= 0.3 is 0 Å². The molecule has 0 atom stereocenters. The normalized spacial score (nSPS) is 10.1. The summed E-state index contributed by atoms with van der Waals surface area (Å²) in [6.45, 7) is 1.98. The molecule has 0 radical (unpaired) electrons. The Balaban J connectivity index is 2.11.